The van der Waals surface area contributed by atoms with Crippen molar-refractivity contribution in [3.63, 3.8) is 0 Å². The molecule has 0 amide bonds. The van der Waals surface area contributed by atoms with Gasteiger partial charge in [0.05, 0.1) is 23.1 Å². The van der Waals surface area contributed by atoms with Gasteiger partial charge in [0, 0.05) is 34.6 Å². The highest BCUT2D eigenvalue weighted by molar-refractivity contribution is 5.94. The Morgan fingerprint density at radius 2 is 2.03 bits per heavy atom. The summed E-state index contributed by atoms with van der Waals surface area (Å²) in [7, 11) is 0. The van der Waals surface area contributed by atoms with Crippen molar-refractivity contribution >= 4 is 16.5 Å². The molecule has 0 atom stereocenters. The molecule has 7 heteroatoms. The first-order valence-corrected chi connectivity index (χ1v) is 10.0. The second kappa shape index (κ2) is 8.03. The zero-order valence-corrected chi connectivity index (χ0v) is 17.3. The number of allylic oxidation sites excluding steroid dienone is 2. The van der Waals surface area contributed by atoms with Crippen molar-refractivity contribution in [2.45, 2.75) is 6.92 Å². The number of aromatic amines is 2. The minimum atomic E-state index is -0.305. The first kappa shape index (κ1) is 19.6. The van der Waals surface area contributed by atoms with Gasteiger partial charge < -0.3 is 4.98 Å². The van der Waals surface area contributed by atoms with Gasteiger partial charge in [0.2, 0.25) is 0 Å². The second-order valence-electron chi connectivity index (χ2n) is 7.31. The Balaban J connectivity index is 1.62. The minimum Gasteiger partial charge on any atom is -0.340 e. The number of fused-ring (bicyclic) bond motifs is 1. The van der Waals surface area contributed by atoms with Gasteiger partial charge in [0.1, 0.15) is 11.5 Å². The molecule has 6 nitrogen and oxygen atoms in total. The van der Waals surface area contributed by atoms with E-state index in [9.17, 15) is 4.39 Å². The van der Waals surface area contributed by atoms with Crippen LogP contribution in [-0.2, 0) is 0 Å². The number of rotatable bonds is 5. The molecule has 0 saturated heterocycles. The highest BCUT2D eigenvalue weighted by atomic mass is 19.1. The molecule has 3 aromatic heterocycles. The van der Waals surface area contributed by atoms with Gasteiger partial charge in [-0.1, -0.05) is 36.9 Å². The van der Waals surface area contributed by atoms with Crippen LogP contribution in [0.15, 0.2) is 79.8 Å². The van der Waals surface area contributed by atoms with E-state index in [1.807, 2.05) is 37.3 Å². The van der Waals surface area contributed by atoms with Gasteiger partial charge >= 0.3 is 0 Å². The Hall–Kier alpha value is -4.39. The van der Waals surface area contributed by atoms with E-state index in [-0.39, 0.29) is 5.82 Å². The maximum absolute atomic E-state index is 13.9. The Labute approximate surface area is 183 Å². The summed E-state index contributed by atoms with van der Waals surface area (Å²) in [5, 5.41) is 8.46. The van der Waals surface area contributed by atoms with Crippen LogP contribution >= 0.6 is 0 Å². The fraction of sp³-hybridized carbons (Fsp3) is 0.0400. The number of H-pyrrole nitrogens is 2. The van der Waals surface area contributed by atoms with Crippen molar-refractivity contribution in [3.8, 4) is 22.8 Å². The van der Waals surface area contributed by atoms with E-state index in [0.717, 1.165) is 39.0 Å². The molecule has 32 heavy (non-hydrogen) atoms. The second-order valence-corrected chi connectivity index (χ2v) is 7.31. The summed E-state index contributed by atoms with van der Waals surface area (Å²) < 4.78 is 13.9. The van der Waals surface area contributed by atoms with Crippen LogP contribution in [0.4, 0.5) is 4.39 Å². The number of hydrogen-bond donors (Lipinski definition) is 2. The van der Waals surface area contributed by atoms with Crippen LogP contribution in [0, 0.1) is 12.7 Å². The minimum absolute atomic E-state index is 0.305. The van der Waals surface area contributed by atoms with Crippen molar-refractivity contribution < 1.29 is 4.39 Å². The van der Waals surface area contributed by atoms with Gasteiger partial charge in [-0.3, -0.25) is 15.1 Å². The van der Waals surface area contributed by atoms with Gasteiger partial charge in [0.15, 0.2) is 5.82 Å². The van der Waals surface area contributed by atoms with E-state index in [1.54, 1.807) is 30.7 Å². The van der Waals surface area contributed by atoms with Crippen LogP contribution in [0.3, 0.4) is 0 Å². The molecule has 5 aromatic rings. The van der Waals surface area contributed by atoms with E-state index < -0.39 is 0 Å². The normalized spacial score (nSPS) is 11.8. The number of halogens is 1. The Kier molecular flexibility index (Phi) is 4.91. The maximum atomic E-state index is 13.9. The lowest BCUT2D eigenvalue weighted by Crippen LogP contribution is -1.92. The Morgan fingerprint density at radius 3 is 2.81 bits per heavy atom. The van der Waals surface area contributed by atoms with Crippen molar-refractivity contribution in [1.29, 1.82) is 0 Å². The van der Waals surface area contributed by atoms with E-state index in [4.69, 9.17) is 4.98 Å². The summed E-state index contributed by atoms with van der Waals surface area (Å²) in [5.74, 6) is 0.312. The number of nitrogens with zero attached hydrogens (tertiary/aromatic N) is 4. The van der Waals surface area contributed by atoms with Gasteiger partial charge in [-0.2, -0.15) is 5.10 Å². The topological polar surface area (TPSA) is 83.1 Å². The standard InChI is InChI=1S/C25H19FN6/c1-3-5-19(16-6-4-7-18(26)12-16)23-15(2)29-25(30-23)24-20-13-17(8-9-21(20)31-32-24)22-14-27-10-11-28-22/h3-14H,1H2,2H3,(H,29,30)(H,31,32)/b19-5-. The van der Waals surface area contributed by atoms with E-state index in [2.05, 4.69) is 31.7 Å². The molecule has 0 saturated carbocycles. The van der Waals surface area contributed by atoms with E-state index >= 15 is 0 Å². The molecule has 5 rings (SSSR count). The summed E-state index contributed by atoms with van der Waals surface area (Å²) in [5.41, 5.74) is 6.35. The third kappa shape index (κ3) is 3.50. The van der Waals surface area contributed by atoms with Crippen LogP contribution < -0.4 is 0 Å². The average molecular weight is 422 g/mol. The molecule has 0 aliphatic rings. The third-order valence-electron chi connectivity index (χ3n) is 5.21. The number of hydrogen-bond acceptors (Lipinski definition) is 4. The van der Waals surface area contributed by atoms with E-state index in [1.165, 1.54) is 12.1 Å². The third-order valence-corrected chi connectivity index (χ3v) is 5.21. The van der Waals surface area contributed by atoms with Crippen LogP contribution in [0.2, 0.25) is 0 Å². The predicted molar refractivity (Wildman–Crippen MR) is 123 cm³/mol. The first-order valence-electron chi connectivity index (χ1n) is 10.0. The molecule has 0 aliphatic heterocycles. The number of imidazole rings is 1. The van der Waals surface area contributed by atoms with Crippen molar-refractivity contribution in [2.75, 3.05) is 0 Å². The fourth-order valence-electron chi connectivity index (χ4n) is 3.72. The number of aromatic nitrogens is 6. The van der Waals surface area contributed by atoms with Crippen LogP contribution in [0.25, 0.3) is 39.3 Å². The zero-order valence-electron chi connectivity index (χ0n) is 17.3. The fourth-order valence-corrected chi connectivity index (χ4v) is 3.72. The molecular formula is C25H19FN6. The lowest BCUT2D eigenvalue weighted by molar-refractivity contribution is 0.627. The van der Waals surface area contributed by atoms with Crippen LogP contribution in [0.1, 0.15) is 17.0 Å². The van der Waals surface area contributed by atoms with E-state index in [0.29, 0.717) is 17.2 Å². The quantitative estimate of drug-likeness (QED) is 0.368. The molecule has 0 spiro atoms. The highest BCUT2D eigenvalue weighted by Crippen LogP contribution is 2.32. The van der Waals surface area contributed by atoms with Crippen molar-refractivity contribution in [2.24, 2.45) is 0 Å². The van der Waals surface area contributed by atoms with Crippen molar-refractivity contribution in [3.05, 3.63) is 103 Å². The Bertz CT molecular complexity index is 1460. The number of benzene rings is 2. The molecule has 0 radical (unpaired) electrons. The molecule has 156 valence electrons. The average Bonchev–Trinajstić information content (AvgIpc) is 3.41. The SMILES string of the molecule is C=C/C=C(/c1cccc(F)c1)c1nc(-c2n[nH]c3ccc(-c4cnccn4)cc23)[nH]c1C. The largest absolute Gasteiger partial charge is 0.340 e. The van der Waals surface area contributed by atoms with Crippen LogP contribution in [0.5, 0.6) is 0 Å². The van der Waals surface area contributed by atoms with Gasteiger partial charge in [0.25, 0.3) is 0 Å². The molecule has 0 fully saturated rings. The Morgan fingerprint density at radius 1 is 1.12 bits per heavy atom. The molecule has 0 unspecified atom stereocenters. The molecule has 0 aliphatic carbocycles. The molecule has 3 heterocycles. The van der Waals surface area contributed by atoms with Crippen molar-refractivity contribution in [1.82, 2.24) is 30.1 Å². The smallest absolute Gasteiger partial charge is 0.159 e. The lowest BCUT2D eigenvalue weighted by atomic mass is 10.0. The molecule has 2 aromatic carbocycles. The first-order chi connectivity index (χ1) is 15.6. The lowest BCUT2D eigenvalue weighted by Gasteiger charge is -2.06. The summed E-state index contributed by atoms with van der Waals surface area (Å²) in [6.45, 7) is 5.74. The molecular weight excluding hydrogens is 403 g/mol. The van der Waals surface area contributed by atoms with Crippen LogP contribution in [-0.4, -0.2) is 30.1 Å². The highest BCUT2D eigenvalue weighted by Gasteiger charge is 2.18. The number of aryl methyl sites for hydroxylation is 1. The number of nitrogens with one attached hydrogen (secondary N) is 2. The summed E-state index contributed by atoms with van der Waals surface area (Å²) in [6, 6.07) is 12.4. The monoisotopic (exact) mass is 422 g/mol. The molecule has 0 bridgehead atoms. The van der Waals surface area contributed by atoms with Gasteiger partial charge in [-0.05, 0) is 36.8 Å². The summed E-state index contributed by atoms with van der Waals surface area (Å²) in [4.78, 5) is 16.7. The summed E-state index contributed by atoms with van der Waals surface area (Å²) >= 11 is 0. The molecule has 2 N–H and O–H groups in total. The van der Waals surface area contributed by atoms with Gasteiger partial charge in [-0.15, -0.1) is 0 Å². The maximum Gasteiger partial charge on any atom is 0.159 e. The van der Waals surface area contributed by atoms with Gasteiger partial charge in [-0.25, -0.2) is 9.37 Å². The summed E-state index contributed by atoms with van der Waals surface area (Å²) in [6.07, 6.45) is 8.53. The predicted octanol–water partition coefficient (Wildman–Crippen LogP) is 5.48. The zero-order chi connectivity index (χ0) is 22.1.